The summed E-state index contributed by atoms with van der Waals surface area (Å²) in [5.41, 5.74) is 4.74. The lowest BCUT2D eigenvalue weighted by atomic mass is 9.93. The number of aliphatic carboxylic acids is 1. The van der Waals surface area contributed by atoms with Crippen LogP contribution in [0.25, 0.3) is 11.1 Å². The summed E-state index contributed by atoms with van der Waals surface area (Å²) in [6, 6.07) is 12.2. The van der Waals surface area contributed by atoms with E-state index in [1.54, 1.807) is 19.3 Å². The Labute approximate surface area is 245 Å². The molecule has 0 spiro atoms. The number of allylic oxidation sites excluding steroid dienone is 1. The number of carbonyl (C=O) groups excluding carboxylic acids is 1. The van der Waals surface area contributed by atoms with Crippen LogP contribution in [0.5, 0.6) is 0 Å². The first-order valence-electron chi connectivity index (χ1n) is 13.8. The van der Waals surface area contributed by atoms with Crippen LogP contribution in [0.3, 0.4) is 0 Å². The maximum Gasteiger partial charge on any atom is 0.326 e. The number of hydrogen-bond acceptors (Lipinski definition) is 6. The SMILES string of the molecule is C=CC(=C)C[C@H](C)N(Cc1ccc(C(=O)NC(CCS(C)(=O)=O)C(=O)O)c(-c2ccccc2C)c1)[C@H](CC)COC. The molecule has 9 heteroatoms. The van der Waals surface area contributed by atoms with Crippen molar-refractivity contribution in [1.82, 2.24) is 10.2 Å². The van der Waals surface area contributed by atoms with Gasteiger partial charge < -0.3 is 15.2 Å². The highest BCUT2D eigenvalue weighted by Crippen LogP contribution is 2.30. The Balaban J connectivity index is 2.53. The minimum absolute atomic E-state index is 0.150. The van der Waals surface area contributed by atoms with E-state index in [-0.39, 0.29) is 24.3 Å². The van der Waals surface area contributed by atoms with Gasteiger partial charge in [0.15, 0.2) is 0 Å². The fourth-order valence-corrected chi connectivity index (χ4v) is 5.55. The highest BCUT2D eigenvalue weighted by molar-refractivity contribution is 7.90. The fraction of sp³-hybridized carbons (Fsp3) is 0.438. The Morgan fingerprint density at radius 1 is 1.17 bits per heavy atom. The van der Waals surface area contributed by atoms with Gasteiger partial charge in [0.2, 0.25) is 0 Å². The summed E-state index contributed by atoms with van der Waals surface area (Å²) in [4.78, 5) is 27.7. The summed E-state index contributed by atoms with van der Waals surface area (Å²) in [5, 5.41) is 12.2. The molecule has 0 saturated heterocycles. The van der Waals surface area contributed by atoms with Crippen molar-refractivity contribution in [3.63, 3.8) is 0 Å². The number of carbonyl (C=O) groups is 2. The van der Waals surface area contributed by atoms with Gasteiger partial charge in [-0.2, -0.15) is 0 Å². The molecule has 3 atom stereocenters. The number of ether oxygens (including phenoxy) is 1. The van der Waals surface area contributed by atoms with E-state index >= 15 is 0 Å². The lowest BCUT2D eigenvalue weighted by Gasteiger charge is -2.36. The number of carboxylic acids is 1. The second kappa shape index (κ2) is 15.7. The Hall–Kier alpha value is -3.27. The average Bonchev–Trinajstić information content (AvgIpc) is 2.92. The van der Waals surface area contributed by atoms with E-state index in [1.807, 2.05) is 43.3 Å². The normalized spacial score (nSPS) is 13.8. The lowest BCUT2D eigenvalue weighted by Crippen LogP contribution is -2.43. The summed E-state index contributed by atoms with van der Waals surface area (Å²) in [6.45, 7) is 15.3. The summed E-state index contributed by atoms with van der Waals surface area (Å²) < 4.78 is 28.8. The van der Waals surface area contributed by atoms with Gasteiger partial charge in [-0.15, -0.1) is 0 Å². The van der Waals surface area contributed by atoms with Crippen LogP contribution in [0, 0.1) is 6.92 Å². The van der Waals surface area contributed by atoms with Crippen LogP contribution >= 0.6 is 0 Å². The van der Waals surface area contributed by atoms with Crippen molar-refractivity contribution in [2.24, 2.45) is 0 Å². The second-order valence-corrected chi connectivity index (χ2v) is 12.8. The first-order chi connectivity index (χ1) is 19.3. The van der Waals surface area contributed by atoms with Crippen molar-refractivity contribution in [1.29, 1.82) is 0 Å². The number of sulfone groups is 1. The van der Waals surface area contributed by atoms with Crippen molar-refractivity contribution in [3.8, 4) is 11.1 Å². The van der Waals surface area contributed by atoms with Crippen LogP contribution < -0.4 is 5.32 Å². The van der Waals surface area contributed by atoms with E-state index in [0.717, 1.165) is 41.4 Å². The van der Waals surface area contributed by atoms with E-state index in [4.69, 9.17) is 4.74 Å². The predicted octanol–water partition coefficient (Wildman–Crippen LogP) is 5.03. The highest BCUT2D eigenvalue weighted by Gasteiger charge is 2.26. The summed E-state index contributed by atoms with van der Waals surface area (Å²) in [7, 11) is -1.70. The Morgan fingerprint density at radius 3 is 2.41 bits per heavy atom. The first kappa shape index (κ1) is 33.9. The van der Waals surface area contributed by atoms with Gasteiger partial charge in [0.1, 0.15) is 15.9 Å². The third-order valence-corrected chi connectivity index (χ3v) is 8.20. The molecule has 41 heavy (non-hydrogen) atoms. The number of rotatable bonds is 17. The Morgan fingerprint density at radius 2 is 1.85 bits per heavy atom. The molecule has 0 radical (unpaired) electrons. The maximum atomic E-state index is 13.5. The van der Waals surface area contributed by atoms with Crippen molar-refractivity contribution in [3.05, 3.63) is 84.0 Å². The molecule has 8 nitrogen and oxygen atoms in total. The fourth-order valence-electron chi connectivity index (χ4n) is 4.89. The van der Waals surface area contributed by atoms with Gasteiger partial charge in [0, 0.05) is 37.6 Å². The number of benzene rings is 2. The van der Waals surface area contributed by atoms with Crippen LogP contribution in [0.15, 0.2) is 67.3 Å². The van der Waals surface area contributed by atoms with Crippen molar-refractivity contribution in [2.75, 3.05) is 25.7 Å². The van der Waals surface area contributed by atoms with E-state index in [2.05, 4.69) is 37.2 Å². The lowest BCUT2D eigenvalue weighted by molar-refractivity contribution is -0.139. The van der Waals surface area contributed by atoms with Gasteiger partial charge in [-0.25, -0.2) is 13.2 Å². The van der Waals surface area contributed by atoms with E-state index < -0.39 is 27.8 Å². The van der Waals surface area contributed by atoms with Crippen molar-refractivity contribution >= 4 is 21.7 Å². The zero-order valence-electron chi connectivity index (χ0n) is 24.9. The number of hydrogen-bond donors (Lipinski definition) is 2. The number of aryl methyl sites for hydroxylation is 1. The predicted molar refractivity (Wildman–Crippen MR) is 165 cm³/mol. The molecule has 2 aromatic carbocycles. The Bertz CT molecular complexity index is 1340. The number of methoxy groups -OCH3 is 1. The highest BCUT2D eigenvalue weighted by atomic mass is 32.2. The molecule has 0 saturated carbocycles. The van der Waals surface area contributed by atoms with Gasteiger partial charge in [0.05, 0.1) is 12.4 Å². The molecule has 0 fully saturated rings. The zero-order chi connectivity index (χ0) is 30.7. The zero-order valence-corrected chi connectivity index (χ0v) is 25.7. The molecule has 2 aromatic rings. The summed E-state index contributed by atoms with van der Waals surface area (Å²) >= 11 is 0. The van der Waals surface area contributed by atoms with Gasteiger partial charge >= 0.3 is 5.97 Å². The smallest absolute Gasteiger partial charge is 0.326 e. The number of carboxylic acid groups (broad SMARTS) is 1. The molecular formula is C32H44N2O6S. The molecular weight excluding hydrogens is 540 g/mol. The van der Waals surface area contributed by atoms with Crippen LogP contribution in [0.1, 0.15) is 54.6 Å². The first-order valence-corrected chi connectivity index (χ1v) is 15.8. The van der Waals surface area contributed by atoms with Gasteiger partial charge in [-0.1, -0.05) is 62.1 Å². The number of nitrogens with zero attached hydrogens (tertiary/aromatic N) is 1. The maximum absolute atomic E-state index is 13.5. The molecule has 0 aliphatic rings. The molecule has 0 aliphatic carbocycles. The second-order valence-electron chi connectivity index (χ2n) is 10.6. The third-order valence-electron chi connectivity index (χ3n) is 7.22. The van der Waals surface area contributed by atoms with Crippen molar-refractivity contribution in [2.45, 2.75) is 64.7 Å². The summed E-state index contributed by atoms with van der Waals surface area (Å²) in [6.07, 6.45) is 4.22. The van der Waals surface area contributed by atoms with Crippen LogP contribution in [-0.4, -0.2) is 74.2 Å². The molecule has 0 bridgehead atoms. The summed E-state index contributed by atoms with van der Waals surface area (Å²) in [5.74, 6) is -2.21. The van der Waals surface area contributed by atoms with Crippen LogP contribution in [0.2, 0.25) is 0 Å². The molecule has 0 aliphatic heterocycles. The third kappa shape index (κ3) is 10.3. The van der Waals surface area contributed by atoms with E-state index in [0.29, 0.717) is 24.3 Å². The topological polar surface area (TPSA) is 113 Å². The molecule has 224 valence electrons. The minimum Gasteiger partial charge on any atom is -0.480 e. The van der Waals surface area contributed by atoms with Gasteiger partial charge in [0.25, 0.3) is 5.91 Å². The molecule has 1 unspecified atom stereocenters. The quantitative estimate of drug-likeness (QED) is 0.251. The molecule has 2 rings (SSSR count). The number of nitrogens with one attached hydrogen (secondary N) is 1. The molecule has 0 heterocycles. The van der Waals surface area contributed by atoms with Crippen LogP contribution in [0.4, 0.5) is 0 Å². The van der Waals surface area contributed by atoms with E-state index in [9.17, 15) is 23.1 Å². The van der Waals surface area contributed by atoms with Crippen LogP contribution in [-0.2, 0) is 25.9 Å². The van der Waals surface area contributed by atoms with Gasteiger partial charge in [-0.3, -0.25) is 9.69 Å². The minimum atomic E-state index is -3.40. The van der Waals surface area contributed by atoms with Gasteiger partial charge in [-0.05, 0) is 67.5 Å². The largest absolute Gasteiger partial charge is 0.480 e. The standard InChI is InChI=1S/C32H44N2O6S/c1-8-22(3)18-24(5)34(26(9-2)21-40-6)20-25-14-15-28(29(19-25)27-13-11-10-12-23(27)4)31(35)33-30(32(36)37)16-17-41(7,38)39/h8,10-15,19,24,26,30H,1,3,9,16-18,20-21H2,2,4-7H3,(H,33,35)(H,36,37)/t24-,26+,30?/m0/s1. The Kier molecular flexibility index (Phi) is 13.0. The molecule has 1 amide bonds. The number of amides is 1. The molecule has 2 N–H and O–H groups in total. The average molecular weight is 585 g/mol. The van der Waals surface area contributed by atoms with E-state index in [1.165, 1.54) is 0 Å². The monoisotopic (exact) mass is 584 g/mol. The molecule has 0 aromatic heterocycles. The van der Waals surface area contributed by atoms with Crippen molar-refractivity contribution < 1.29 is 27.9 Å².